The number of hydrogen-bond acceptors (Lipinski definition) is 2. The lowest BCUT2D eigenvalue weighted by Gasteiger charge is -2.07. The Labute approximate surface area is 82.3 Å². The van der Waals surface area contributed by atoms with Crippen LogP contribution in [0.4, 0.5) is 0 Å². The van der Waals surface area contributed by atoms with Gasteiger partial charge in [0.1, 0.15) is 0 Å². The molecule has 0 spiro atoms. The summed E-state index contributed by atoms with van der Waals surface area (Å²) < 4.78 is 0. The van der Waals surface area contributed by atoms with Gasteiger partial charge in [0.25, 0.3) is 5.91 Å². The molecular weight excluding hydrogens is 182 g/mol. The fraction of sp³-hybridized carbons (Fsp3) is 0.300. The molecule has 2 nitrogen and oxygen atoms in total. The first-order valence-corrected chi connectivity index (χ1v) is 5.00. The van der Waals surface area contributed by atoms with Gasteiger partial charge in [-0.25, -0.2) is 0 Å². The summed E-state index contributed by atoms with van der Waals surface area (Å²) >= 11 is 1.46. The number of rotatable bonds is 3. The third-order valence-electron chi connectivity index (χ3n) is 1.78. The van der Waals surface area contributed by atoms with Crippen molar-refractivity contribution in [3.05, 3.63) is 34.5 Å². The molecule has 1 aromatic heterocycles. The standard InChI is InChI=1S/C10H13NOS/c1-4-8(3)11-10(12)9-7(2)5-6-13-9/h4-6,8H,1H2,2-3H3,(H,11,12). The fourth-order valence-electron chi connectivity index (χ4n) is 0.937. The Morgan fingerprint density at radius 1 is 1.77 bits per heavy atom. The zero-order chi connectivity index (χ0) is 9.84. The Balaban J connectivity index is 2.69. The predicted molar refractivity (Wildman–Crippen MR) is 56.2 cm³/mol. The summed E-state index contributed by atoms with van der Waals surface area (Å²) in [7, 11) is 0. The largest absolute Gasteiger partial charge is 0.345 e. The van der Waals surface area contributed by atoms with Gasteiger partial charge in [0.15, 0.2) is 0 Å². The SMILES string of the molecule is C=CC(C)NC(=O)c1sccc1C. The molecule has 1 aromatic rings. The van der Waals surface area contributed by atoms with Gasteiger partial charge < -0.3 is 5.32 Å². The minimum Gasteiger partial charge on any atom is -0.345 e. The molecule has 1 N–H and O–H groups in total. The number of carbonyl (C=O) groups excluding carboxylic acids is 1. The van der Waals surface area contributed by atoms with Crippen LogP contribution in [0.5, 0.6) is 0 Å². The molecule has 0 aromatic carbocycles. The van der Waals surface area contributed by atoms with E-state index in [-0.39, 0.29) is 11.9 Å². The highest BCUT2D eigenvalue weighted by Crippen LogP contribution is 2.15. The number of carbonyl (C=O) groups is 1. The van der Waals surface area contributed by atoms with Crippen molar-refractivity contribution in [2.24, 2.45) is 0 Å². The van der Waals surface area contributed by atoms with E-state index in [2.05, 4.69) is 11.9 Å². The third-order valence-corrected chi connectivity index (χ3v) is 2.80. The average Bonchev–Trinajstić information content (AvgIpc) is 2.51. The first-order chi connectivity index (χ1) is 6.15. The second kappa shape index (κ2) is 4.23. The van der Waals surface area contributed by atoms with E-state index in [0.717, 1.165) is 10.4 Å². The van der Waals surface area contributed by atoms with Crippen molar-refractivity contribution >= 4 is 17.2 Å². The Hall–Kier alpha value is -1.09. The van der Waals surface area contributed by atoms with E-state index < -0.39 is 0 Å². The maximum absolute atomic E-state index is 11.5. The highest BCUT2D eigenvalue weighted by atomic mass is 32.1. The Morgan fingerprint density at radius 3 is 2.92 bits per heavy atom. The van der Waals surface area contributed by atoms with Crippen LogP contribution in [0.2, 0.25) is 0 Å². The molecular formula is C10H13NOS. The van der Waals surface area contributed by atoms with Crippen LogP contribution in [-0.4, -0.2) is 11.9 Å². The van der Waals surface area contributed by atoms with Gasteiger partial charge in [-0.1, -0.05) is 6.08 Å². The Bertz CT molecular complexity index is 316. The summed E-state index contributed by atoms with van der Waals surface area (Å²) in [6, 6.07) is 1.96. The van der Waals surface area contributed by atoms with Crippen molar-refractivity contribution in [3.8, 4) is 0 Å². The number of nitrogens with one attached hydrogen (secondary N) is 1. The van der Waals surface area contributed by atoms with Crippen LogP contribution in [0.1, 0.15) is 22.2 Å². The summed E-state index contributed by atoms with van der Waals surface area (Å²) in [5, 5.41) is 4.75. The van der Waals surface area contributed by atoms with Gasteiger partial charge in [-0.3, -0.25) is 4.79 Å². The van der Waals surface area contributed by atoms with Crippen molar-refractivity contribution < 1.29 is 4.79 Å². The second-order valence-corrected chi connectivity index (χ2v) is 3.85. The third kappa shape index (κ3) is 2.42. The lowest BCUT2D eigenvalue weighted by Crippen LogP contribution is -2.30. The van der Waals surface area contributed by atoms with Crippen LogP contribution < -0.4 is 5.32 Å². The summed E-state index contributed by atoms with van der Waals surface area (Å²) in [6.45, 7) is 7.44. The Morgan fingerprint density at radius 2 is 2.46 bits per heavy atom. The van der Waals surface area contributed by atoms with E-state index >= 15 is 0 Å². The predicted octanol–water partition coefficient (Wildman–Crippen LogP) is 2.36. The molecule has 1 unspecified atom stereocenters. The molecule has 0 bridgehead atoms. The van der Waals surface area contributed by atoms with E-state index in [1.54, 1.807) is 6.08 Å². The maximum atomic E-state index is 11.5. The molecule has 0 aliphatic heterocycles. The van der Waals surface area contributed by atoms with Crippen LogP contribution in [-0.2, 0) is 0 Å². The molecule has 3 heteroatoms. The van der Waals surface area contributed by atoms with Crippen molar-refractivity contribution in [1.29, 1.82) is 0 Å². The minimum absolute atomic E-state index is 0.0140. The highest BCUT2D eigenvalue weighted by Gasteiger charge is 2.10. The smallest absolute Gasteiger partial charge is 0.262 e. The molecule has 0 aliphatic carbocycles. The number of aryl methyl sites for hydroxylation is 1. The average molecular weight is 195 g/mol. The molecule has 1 atom stereocenters. The van der Waals surface area contributed by atoms with Gasteiger partial charge in [-0.2, -0.15) is 0 Å². The Kier molecular flexibility index (Phi) is 3.25. The topological polar surface area (TPSA) is 29.1 Å². The molecule has 0 saturated carbocycles. The minimum atomic E-state index is -0.0140. The fourth-order valence-corrected chi connectivity index (χ4v) is 1.76. The van der Waals surface area contributed by atoms with E-state index in [0.29, 0.717) is 0 Å². The van der Waals surface area contributed by atoms with Crippen molar-refractivity contribution in [1.82, 2.24) is 5.32 Å². The van der Waals surface area contributed by atoms with Crippen molar-refractivity contribution in [2.75, 3.05) is 0 Å². The van der Waals surface area contributed by atoms with Gasteiger partial charge >= 0.3 is 0 Å². The highest BCUT2D eigenvalue weighted by molar-refractivity contribution is 7.12. The lowest BCUT2D eigenvalue weighted by atomic mass is 10.2. The van der Waals surface area contributed by atoms with Gasteiger partial charge in [0, 0.05) is 6.04 Å². The van der Waals surface area contributed by atoms with Gasteiger partial charge in [0.05, 0.1) is 4.88 Å². The summed E-state index contributed by atoms with van der Waals surface area (Å²) in [5.41, 5.74) is 1.03. The number of amides is 1. The molecule has 0 fully saturated rings. The van der Waals surface area contributed by atoms with E-state index in [4.69, 9.17) is 0 Å². The molecule has 1 heterocycles. The second-order valence-electron chi connectivity index (χ2n) is 2.93. The van der Waals surface area contributed by atoms with Crippen molar-refractivity contribution in [2.45, 2.75) is 19.9 Å². The first-order valence-electron chi connectivity index (χ1n) is 4.12. The van der Waals surface area contributed by atoms with E-state index in [9.17, 15) is 4.79 Å². The van der Waals surface area contributed by atoms with E-state index in [1.807, 2.05) is 25.3 Å². The number of hydrogen-bond donors (Lipinski definition) is 1. The van der Waals surface area contributed by atoms with Crippen LogP contribution in [0.25, 0.3) is 0 Å². The number of thiophene rings is 1. The molecule has 13 heavy (non-hydrogen) atoms. The molecule has 0 radical (unpaired) electrons. The van der Waals surface area contributed by atoms with Crippen LogP contribution in [0.15, 0.2) is 24.1 Å². The molecule has 1 rings (SSSR count). The molecule has 70 valence electrons. The quantitative estimate of drug-likeness (QED) is 0.737. The zero-order valence-corrected chi connectivity index (χ0v) is 8.65. The van der Waals surface area contributed by atoms with Gasteiger partial charge in [-0.05, 0) is 30.9 Å². The van der Waals surface area contributed by atoms with Gasteiger partial charge in [0.2, 0.25) is 0 Å². The maximum Gasteiger partial charge on any atom is 0.262 e. The van der Waals surface area contributed by atoms with Crippen LogP contribution in [0, 0.1) is 6.92 Å². The normalized spacial score (nSPS) is 12.2. The van der Waals surface area contributed by atoms with Gasteiger partial charge in [-0.15, -0.1) is 17.9 Å². The van der Waals surface area contributed by atoms with Crippen LogP contribution >= 0.6 is 11.3 Å². The van der Waals surface area contributed by atoms with E-state index in [1.165, 1.54) is 11.3 Å². The lowest BCUT2D eigenvalue weighted by molar-refractivity contribution is 0.0950. The molecule has 1 amide bonds. The summed E-state index contributed by atoms with van der Waals surface area (Å²) in [4.78, 5) is 12.3. The summed E-state index contributed by atoms with van der Waals surface area (Å²) in [6.07, 6.45) is 1.71. The monoisotopic (exact) mass is 195 g/mol. The molecule has 0 aliphatic rings. The molecule has 0 saturated heterocycles. The first kappa shape index (κ1) is 9.99. The summed E-state index contributed by atoms with van der Waals surface area (Å²) in [5.74, 6) is -0.0140. The van der Waals surface area contributed by atoms with Crippen molar-refractivity contribution in [3.63, 3.8) is 0 Å². The van der Waals surface area contributed by atoms with Crippen LogP contribution in [0.3, 0.4) is 0 Å². The zero-order valence-electron chi connectivity index (χ0n) is 7.83.